The van der Waals surface area contributed by atoms with Gasteiger partial charge in [0.1, 0.15) is 6.04 Å². The Morgan fingerprint density at radius 1 is 0.977 bits per heavy atom. The van der Waals surface area contributed by atoms with E-state index >= 15 is 0 Å². The van der Waals surface area contributed by atoms with Gasteiger partial charge in [-0.25, -0.2) is 14.5 Å². The summed E-state index contributed by atoms with van der Waals surface area (Å²) in [5.74, 6) is -0.914. The molecule has 228 valence electrons. The van der Waals surface area contributed by atoms with Crippen molar-refractivity contribution in [1.82, 2.24) is 10.2 Å². The molecule has 2 aromatic carbocycles. The molecule has 2 aliphatic carbocycles. The zero-order valence-electron chi connectivity index (χ0n) is 24.1. The van der Waals surface area contributed by atoms with Crippen LogP contribution >= 0.6 is 0 Å². The number of amides is 3. The van der Waals surface area contributed by atoms with Crippen molar-refractivity contribution >= 4 is 24.0 Å². The van der Waals surface area contributed by atoms with Crippen LogP contribution in [0, 0.1) is 11.8 Å². The number of allylic oxidation sites excluding steroid dienone is 1. The lowest BCUT2D eigenvalue weighted by molar-refractivity contribution is -0.142. The predicted molar refractivity (Wildman–Crippen MR) is 155 cm³/mol. The molecule has 0 aromatic heterocycles. The Balaban J connectivity index is 1.51. The SMILES string of the molecule is CC1=C(C(=O)OCC2CCCCC2)C(c2ccc(OC(F)F)c(OCC3CC3)c2)N(C(=O)/C=C/c2ccccc2)C(=O)N1. The van der Waals surface area contributed by atoms with Gasteiger partial charge in [0.2, 0.25) is 0 Å². The van der Waals surface area contributed by atoms with Gasteiger partial charge in [-0.1, -0.05) is 55.7 Å². The second-order valence-electron chi connectivity index (χ2n) is 11.3. The maximum atomic E-state index is 13.7. The van der Waals surface area contributed by atoms with E-state index in [4.69, 9.17) is 14.2 Å². The van der Waals surface area contributed by atoms with Gasteiger partial charge in [0, 0.05) is 11.8 Å². The summed E-state index contributed by atoms with van der Waals surface area (Å²) in [5, 5.41) is 2.63. The molecule has 0 saturated heterocycles. The molecule has 2 fully saturated rings. The lowest BCUT2D eigenvalue weighted by Crippen LogP contribution is -2.50. The van der Waals surface area contributed by atoms with E-state index in [0.717, 1.165) is 55.4 Å². The number of alkyl halides is 2. The van der Waals surface area contributed by atoms with Crippen molar-refractivity contribution in [2.24, 2.45) is 11.8 Å². The molecule has 3 aliphatic rings. The fourth-order valence-electron chi connectivity index (χ4n) is 5.48. The number of nitrogens with one attached hydrogen (secondary N) is 1. The summed E-state index contributed by atoms with van der Waals surface area (Å²) in [5.41, 5.74) is 1.38. The van der Waals surface area contributed by atoms with Crippen molar-refractivity contribution in [3.05, 3.63) is 77.0 Å². The van der Waals surface area contributed by atoms with Gasteiger partial charge in [0.25, 0.3) is 5.91 Å². The zero-order valence-corrected chi connectivity index (χ0v) is 24.1. The van der Waals surface area contributed by atoms with Gasteiger partial charge in [0.05, 0.1) is 18.8 Å². The number of esters is 1. The normalized spacial score (nSPS) is 19.5. The summed E-state index contributed by atoms with van der Waals surface area (Å²) in [4.78, 5) is 41.6. The van der Waals surface area contributed by atoms with Crippen LogP contribution in [-0.2, 0) is 14.3 Å². The smallest absolute Gasteiger partial charge is 0.387 e. The second kappa shape index (κ2) is 13.8. The fourth-order valence-corrected chi connectivity index (χ4v) is 5.48. The minimum atomic E-state index is -3.08. The molecule has 1 unspecified atom stereocenters. The van der Waals surface area contributed by atoms with E-state index in [1.165, 1.54) is 24.3 Å². The molecule has 43 heavy (non-hydrogen) atoms. The highest BCUT2D eigenvalue weighted by atomic mass is 19.3. The molecule has 2 saturated carbocycles. The second-order valence-corrected chi connectivity index (χ2v) is 11.3. The van der Waals surface area contributed by atoms with Gasteiger partial charge in [-0.15, -0.1) is 0 Å². The van der Waals surface area contributed by atoms with Crippen molar-refractivity contribution in [1.29, 1.82) is 0 Å². The number of ether oxygens (including phenoxy) is 3. The highest BCUT2D eigenvalue weighted by molar-refractivity contribution is 6.06. The van der Waals surface area contributed by atoms with E-state index in [1.807, 2.05) is 18.2 Å². The molecule has 3 amide bonds. The summed E-state index contributed by atoms with van der Waals surface area (Å²) in [6.07, 6.45) is 10.0. The molecule has 1 N–H and O–H groups in total. The summed E-state index contributed by atoms with van der Waals surface area (Å²) >= 11 is 0. The minimum Gasteiger partial charge on any atom is -0.489 e. The highest BCUT2D eigenvalue weighted by Gasteiger charge is 2.42. The average molecular weight is 595 g/mol. The predicted octanol–water partition coefficient (Wildman–Crippen LogP) is 6.78. The molecule has 0 spiro atoms. The quantitative estimate of drug-likeness (QED) is 0.228. The average Bonchev–Trinajstić information content (AvgIpc) is 3.83. The first kappa shape index (κ1) is 30.3. The third-order valence-electron chi connectivity index (χ3n) is 7.97. The van der Waals surface area contributed by atoms with E-state index in [-0.39, 0.29) is 35.3 Å². The number of halogens is 2. The number of carbonyl (C=O) groups is 3. The van der Waals surface area contributed by atoms with E-state index in [0.29, 0.717) is 18.1 Å². The number of rotatable bonds is 11. The van der Waals surface area contributed by atoms with Crippen LogP contribution < -0.4 is 14.8 Å². The maximum absolute atomic E-state index is 13.7. The minimum absolute atomic E-state index is 0.0375. The zero-order chi connectivity index (χ0) is 30.3. The molecule has 8 nitrogen and oxygen atoms in total. The number of nitrogens with zero attached hydrogens (tertiary/aromatic N) is 1. The van der Waals surface area contributed by atoms with E-state index in [9.17, 15) is 23.2 Å². The van der Waals surface area contributed by atoms with Crippen molar-refractivity contribution < 1.29 is 37.4 Å². The molecular formula is C33H36F2N2O6. The topological polar surface area (TPSA) is 94.2 Å². The van der Waals surface area contributed by atoms with Gasteiger partial charge >= 0.3 is 18.6 Å². The number of hydrogen-bond donors (Lipinski definition) is 1. The first-order chi connectivity index (χ1) is 20.8. The van der Waals surface area contributed by atoms with E-state index in [1.54, 1.807) is 25.1 Å². The number of urea groups is 1. The molecule has 0 bridgehead atoms. The summed E-state index contributed by atoms with van der Waals surface area (Å²) in [6.45, 7) is -0.970. The first-order valence-electron chi connectivity index (χ1n) is 14.8. The Morgan fingerprint density at radius 3 is 2.40 bits per heavy atom. The molecule has 1 aliphatic heterocycles. The van der Waals surface area contributed by atoms with Crippen LogP contribution in [0.25, 0.3) is 6.08 Å². The Kier molecular flexibility index (Phi) is 9.74. The molecule has 1 heterocycles. The fraction of sp³-hybridized carbons (Fsp3) is 0.424. The van der Waals surface area contributed by atoms with Gasteiger partial charge in [0.15, 0.2) is 11.5 Å². The lowest BCUT2D eigenvalue weighted by atomic mass is 9.90. The van der Waals surface area contributed by atoms with Gasteiger partial charge in [-0.2, -0.15) is 8.78 Å². The third-order valence-corrected chi connectivity index (χ3v) is 7.97. The van der Waals surface area contributed by atoms with Crippen molar-refractivity contribution in [2.45, 2.75) is 64.5 Å². The van der Waals surface area contributed by atoms with Crippen LogP contribution in [0.2, 0.25) is 0 Å². The molecule has 2 aromatic rings. The third kappa shape index (κ3) is 7.80. The summed E-state index contributed by atoms with van der Waals surface area (Å²) in [6, 6.07) is 11.4. The van der Waals surface area contributed by atoms with E-state index in [2.05, 4.69) is 5.32 Å². The molecular weight excluding hydrogens is 558 g/mol. The van der Waals surface area contributed by atoms with Crippen LogP contribution in [-0.4, -0.2) is 42.6 Å². The first-order valence-corrected chi connectivity index (χ1v) is 14.8. The van der Waals surface area contributed by atoms with Crippen molar-refractivity contribution in [3.63, 3.8) is 0 Å². The monoisotopic (exact) mass is 594 g/mol. The van der Waals surface area contributed by atoms with Gasteiger partial charge < -0.3 is 19.5 Å². The van der Waals surface area contributed by atoms with Crippen LogP contribution in [0.15, 0.2) is 65.9 Å². The van der Waals surface area contributed by atoms with Crippen molar-refractivity contribution in [2.75, 3.05) is 13.2 Å². The van der Waals surface area contributed by atoms with Crippen LogP contribution in [0.1, 0.15) is 69.0 Å². The van der Waals surface area contributed by atoms with Crippen LogP contribution in [0.3, 0.4) is 0 Å². The largest absolute Gasteiger partial charge is 0.489 e. The molecule has 10 heteroatoms. The highest BCUT2D eigenvalue weighted by Crippen LogP contribution is 2.40. The van der Waals surface area contributed by atoms with Crippen molar-refractivity contribution in [3.8, 4) is 11.5 Å². The number of benzene rings is 2. The number of hydrogen-bond acceptors (Lipinski definition) is 6. The van der Waals surface area contributed by atoms with Crippen LogP contribution in [0.5, 0.6) is 11.5 Å². The summed E-state index contributed by atoms with van der Waals surface area (Å²) in [7, 11) is 0. The molecule has 5 rings (SSSR count). The van der Waals surface area contributed by atoms with Gasteiger partial charge in [-0.3, -0.25) is 4.79 Å². The maximum Gasteiger partial charge on any atom is 0.387 e. The number of imide groups is 1. The van der Waals surface area contributed by atoms with Gasteiger partial charge in [-0.05, 0) is 73.8 Å². The standard InChI is InChI=1S/C33H36F2N2O6/c1-21-29(31(39)42-20-23-10-6-3-7-11-23)30(37(33(40)36-21)28(38)17-14-22-8-4-2-5-9-22)25-15-16-26(43-32(34)35)27(18-25)41-19-24-12-13-24/h2,4-5,8-9,14-18,23-24,30,32H,3,6-7,10-13,19-20H2,1H3,(H,36,40)/b17-14+. The molecule has 0 radical (unpaired) electrons. The summed E-state index contributed by atoms with van der Waals surface area (Å²) < 4.78 is 42.7. The Morgan fingerprint density at radius 2 is 1.70 bits per heavy atom. The Hall–Kier alpha value is -4.21. The molecule has 1 atom stereocenters. The number of carbonyl (C=O) groups excluding carboxylic acids is 3. The lowest BCUT2D eigenvalue weighted by Gasteiger charge is -2.36. The Labute approximate surface area is 249 Å². The Bertz CT molecular complexity index is 1380. The van der Waals surface area contributed by atoms with Crippen LogP contribution in [0.4, 0.5) is 13.6 Å². The van der Waals surface area contributed by atoms with E-state index < -0.39 is 30.6 Å².